The highest BCUT2D eigenvalue weighted by Crippen LogP contribution is 2.27. The highest BCUT2D eigenvalue weighted by Gasteiger charge is 2.30. The zero-order valence-corrected chi connectivity index (χ0v) is 12.6. The number of ether oxygens (including phenoxy) is 2. The van der Waals surface area contributed by atoms with Crippen molar-refractivity contribution < 1.29 is 14.3 Å². The van der Waals surface area contributed by atoms with E-state index >= 15 is 0 Å². The number of benzene rings is 1. The minimum absolute atomic E-state index is 0.397. The van der Waals surface area contributed by atoms with Crippen molar-refractivity contribution in [3.8, 4) is 0 Å². The Morgan fingerprint density at radius 3 is 2.57 bits per heavy atom. The van der Waals surface area contributed by atoms with E-state index in [1.807, 2.05) is 50.1 Å². The molecule has 0 saturated carbocycles. The molecule has 0 aliphatic carbocycles. The van der Waals surface area contributed by atoms with Gasteiger partial charge in [0.05, 0.1) is 30.2 Å². The zero-order valence-electron chi connectivity index (χ0n) is 12.6. The highest BCUT2D eigenvalue weighted by atomic mass is 16.5. The SMILES string of the molecule is CCOC1=C(C)N=C(C)C(=C=O)C1OCc1ccccc1. The first kappa shape index (κ1) is 15.2. The van der Waals surface area contributed by atoms with Gasteiger partial charge >= 0.3 is 0 Å². The maximum Gasteiger partial charge on any atom is 0.154 e. The molecule has 2 rings (SSSR count). The van der Waals surface area contributed by atoms with E-state index in [1.54, 1.807) is 6.92 Å². The van der Waals surface area contributed by atoms with Gasteiger partial charge in [-0.15, -0.1) is 0 Å². The Kier molecular flexibility index (Phi) is 5.09. The van der Waals surface area contributed by atoms with Crippen LogP contribution < -0.4 is 0 Å². The summed E-state index contributed by atoms with van der Waals surface area (Å²) in [4.78, 5) is 15.6. The van der Waals surface area contributed by atoms with Crippen LogP contribution in [0.1, 0.15) is 26.3 Å². The fourth-order valence-corrected chi connectivity index (χ4v) is 2.25. The van der Waals surface area contributed by atoms with Crippen molar-refractivity contribution in [2.24, 2.45) is 4.99 Å². The van der Waals surface area contributed by atoms with E-state index in [0.29, 0.717) is 30.3 Å². The zero-order chi connectivity index (χ0) is 15.2. The topological polar surface area (TPSA) is 47.9 Å². The Morgan fingerprint density at radius 2 is 1.95 bits per heavy atom. The summed E-state index contributed by atoms with van der Waals surface area (Å²) >= 11 is 0. The van der Waals surface area contributed by atoms with E-state index in [-0.39, 0.29) is 0 Å². The van der Waals surface area contributed by atoms with Crippen molar-refractivity contribution in [2.75, 3.05) is 6.61 Å². The third-order valence-corrected chi connectivity index (χ3v) is 3.25. The molecule has 4 heteroatoms. The van der Waals surface area contributed by atoms with Gasteiger partial charge in [-0.25, -0.2) is 4.79 Å². The molecule has 0 bridgehead atoms. The molecule has 0 N–H and O–H groups in total. The van der Waals surface area contributed by atoms with Crippen molar-refractivity contribution in [3.05, 3.63) is 52.9 Å². The molecule has 0 fully saturated rings. The fraction of sp³-hybridized carbons (Fsp3) is 0.353. The van der Waals surface area contributed by atoms with Crippen LogP contribution in [0, 0.1) is 0 Å². The Labute approximate surface area is 124 Å². The Balaban J connectivity index is 2.24. The van der Waals surface area contributed by atoms with Gasteiger partial charge in [0, 0.05) is 0 Å². The van der Waals surface area contributed by atoms with Gasteiger partial charge in [0.15, 0.2) is 11.9 Å². The van der Waals surface area contributed by atoms with Gasteiger partial charge in [0.1, 0.15) is 5.94 Å². The summed E-state index contributed by atoms with van der Waals surface area (Å²) in [5.41, 5.74) is 2.81. The van der Waals surface area contributed by atoms with E-state index in [9.17, 15) is 4.79 Å². The number of carbonyl (C=O) groups excluding carboxylic acids is 1. The predicted molar refractivity (Wildman–Crippen MR) is 81.7 cm³/mol. The van der Waals surface area contributed by atoms with E-state index in [1.165, 1.54) is 0 Å². The van der Waals surface area contributed by atoms with Crippen LogP contribution >= 0.6 is 0 Å². The summed E-state index contributed by atoms with van der Waals surface area (Å²) in [6.45, 7) is 6.43. The molecule has 0 amide bonds. The lowest BCUT2D eigenvalue weighted by atomic mass is 10.0. The van der Waals surface area contributed by atoms with Crippen molar-refractivity contribution in [3.63, 3.8) is 0 Å². The summed E-state index contributed by atoms with van der Waals surface area (Å²) < 4.78 is 11.5. The summed E-state index contributed by atoms with van der Waals surface area (Å²) in [5, 5.41) is 0. The average molecular weight is 285 g/mol. The molecule has 110 valence electrons. The lowest BCUT2D eigenvalue weighted by molar-refractivity contribution is 0.0425. The van der Waals surface area contributed by atoms with Crippen LogP contribution in [0.15, 0.2) is 52.4 Å². The average Bonchev–Trinajstić information content (AvgIpc) is 2.49. The Bertz CT molecular complexity index is 610. The second-order valence-electron chi connectivity index (χ2n) is 4.77. The first-order valence-electron chi connectivity index (χ1n) is 6.97. The molecule has 0 aromatic heterocycles. The van der Waals surface area contributed by atoms with Crippen LogP contribution in [-0.2, 0) is 20.9 Å². The van der Waals surface area contributed by atoms with E-state index in [0.717, 1.165) is 11.3 Å². The molecular formula is C17H19NO3. The summed E-state index contributed by atoms with van der Waals surface area (Å²) in [6, 6.07) is 9.81. The quantitative estimate of drug-likeness (QED) is 0.781. The van der Waals surface area contributed by atoms with Gasteiger partial charge in [0.25, 0.3) is 0 Å². The number of rotatable bonds is 5. The van der Waals surface area contributed by atoms with Gasteiger partial charge in [-0.3, -0.25) is 4.99 Å². The molecule has 1 unspecified atom stereocenters. The number of allylic oxidation sites excluding steroid dienone is 1. The largest absolute Gasteiger partial charge is 0.493 e. The van der Waals surface area contributed by atoms with Gasteiger partial charge < -0.3 is 9.47 Å². The number of hydrogen-bond acceptors (Lipinski definition) is 4. The van der Waals surface area contributed by atoms with Crippen LogP contribution in [0.2, 0.25) is 0 Å². The number of aliphatic imine (C=N–C) groups is 1. The van der Waals surface area contributed by atoms with Crippen LogP contribution in [0.3, 0.4) is 0 Å². The van der Waals surface area contributed by atoms with Gasteiger partial charge in [-0.2, -0.15) is 0 Å². The van der Waals surface area contributed by atoms with Gasteiger partial charge in [0.2, 0.25) is 0 Å². The van der Waals surface area contributed by atoms with Crippen LogP contribution in [-0.4, -0.2) is 24.4 Å². The first-order valence-corrected chi connectivity index (χ1v) is 6.97. The molecule has 1 aliphatic rings. The van der Waals surface area contributed by atoms with Crippen molar-refractivity contribution in [1.82, 2.24) is 0 Å². The standard InChI is InChI=1S/C17H19NO3/c1-4-20-16-13(3)18-12(2)15(10-19)17(16)21-11-14-8-6-5-7-9-14/h5-9,17H,4,11H2,1-3H3. The molecule has 4 nitrogen and oxygen atoms in total. The fourth-order valence-electron chi connectivity index (χ4n) is 2.25. The first-order chi connectivity index (χ1) is 10.2. The Morgan fingerprint density at radius 1 is 1.24 bits per heavy atom. The molecule has 1 atom stereocenters. The maximum atomic E-state index is 11.2. The summed E-state index contributed by atoms with van der Waals surface area (Å²) in [5.74, 6) is 2.54. The third kappa shape index (κ3) is 3.48. The van der Waals surface area contributed by atoms with Crippen molar-refractivity contribution in [1.29, 1.82) is 0 Å². The summed E-state index contributed by atoms with van der Waals surface area (Å²) in [7, 11) is 0. The van der Waals surface area contributed by atoms with E-state index in [2.05, 4.69) is 4.99 Å². The smallest absolute Gasteiger partial charge is 0.154 e. The van der Waals surface area contributed by atoms with Gasteiger partial charge in [-0.1, -0.05) is 30.3 Å². The highest BCUT2D eigenvalue weighted by molar-refractivity contribution is 6.07. The second kappa shape index (κ2) is 7.02. The predicted octanol–water partition coefficient (Wildman–Crippen LogP) is 3.07. The minimum atomic E-state index is -0.542. The van der Waals surface area contributed by atoms with Crippen molar-refractivity contribution in [2.45, 2.75) is 33.5 Å². The van der Waals surface area contributed by atoms with Crippen LogP contribution in [0.5, 0.6) is 0 Å². The summed E-state index contributed by atoms with van der Waals surface area (Å²) in [6.07, 6.45) is -0.542. The minimum Gasteiger partial charge on any atom is -0.493 e. The number of hydrogen-bond donors (Lipinski definition) is 0. The normalized spacial score (nSPS) is 18.3. The molecule has 0 spiro atoms. The van der Waals surface area contributed by atoms with E-state index in [4.69, 9.17) is 9.47 Å². The monoisotopic (exact) mass is 285 g/mol. The Hall–Kier alpha value is -2.16. The van der Waals surface area contributed by atoms with Crippen LogP contribution in [0.4, 0.5) is 0 Å². The molecule has 1 aliphatic heterocycles. The second-order valence-corrected chi connectivity index (χ2v) is 4.77. The molecule has 0 saturated heterocycles. The van der Waals surface area contributed by atoms with E-state index < -0.39 is 6.10 Å². The maximum absolute atomic E-state index is 11.2. The lowest BCUT2D eigenvalue weighted by Crippen LogP contribution is -2.28. The molecule has 1 heterocycles. The third-order valence-electron chi connectivity index (χ3n) is 3.25. The lowest BCUT2D eigenvalue weighted by Gasteiger charge is -2.26. The van der Waals surface area contributed by atoms with Crippen molar-refractivity contribution >= 4 is 11.7 Å². The molecule has 1 aromatic carbocycles. The molecule has 0 radical (unpaired) electrons. The van der Waals surface area contributed by atoms with Crippen LogP contribution in [0.25, 0.3) is 0 Å². The molecule has 21 heavy (non-hydrogen) atoms. The molecular weight excluding hydrogens is 266 g/mol. The van der Waals surface area contributed by atoms with Gasteiger partial charge in [-0.05, 0) is 26.3 Å². The number of nitrogens with zero attached hydrogens (tertiary/aromatic N) is 1. The molecule has 1 aromatic rings.